The molecule has 1 heterocycles. The molecule has 1 unspecified atom stereocenters. The van der Waals surface area contributed by atoms with Crippen molar-refractivity contribution in [3.63, 3.8) is 0 Å². The molecule has 1 aliphatic heterocycles. The summed E-state index contributed by atoms with van der Waals surface area (Å²) >= 11 is 0. The molecule has 0 radical (unpaired) electrons. The Morgan fingerprint density at radius 2 is 1.97 bits per heavy atom. The van der Waals surface area contributed by atoms with E-state index in [1.807, 2.05) is 37.3 Å². The number of phenolic OH excluding ortho intramolecular Hbond substituents is 1. The summed E-state index contributed by atoms with van der Waals surface area (Å²) in [7, 11) is 1.58. The molecule has 2 aromatic carbocycles. The molecule has 2 aromatic rings. The molecule has 0 spiro atoms. The summed E-state index contributed by atoms with van der Waals surface area (Å²) in [5, 5.41) is 10.6. The molecule has 2 atom stereocenters. The molecule has 0 fully saturated rings. The standard InChI is InChI=1S/C26H30O4/c1-6-17(4)19(13-12-16(2)3)24-23(29-5)15-21(28)25-20(27)14-22(30-26(24)25)18-10-8-7-9-11-18/h6-12,15,19,22,28H,13-14H2,1-5H3/b17-6+/t19?,22-/m0/s1. The Morgan fingerprint density at radius 1 is 1.27 bits per heavy atom. The molecular weight excluding hydrogens is 376 g/mol. The number of ketones is 1. The van der Waals surface area contributed by atoms with Crippen molar-refractivity contribution in [2.75, 3.05) is 7.11 Å². The third kappa shape index (κ3) is 4.28. The van der Waals surface area contributed by atoms with E-state index in [2.05, 4.69) is 32.9 Å². The van der Waals surface area contributed by atoms with E-state index in [4.69, 9.17) is 9.47 Å². The van der Waals surface area contributed by atoms with E-state index in [1.165, 1.54) is 11.6 Å². The summed E-state index contributed by atoms with van der Waals surface area (Å²) in [4.78, 5) is 13.1. The highest BCUT2D eigenvalue weighted by molar-refractivity contribution is 6.03. The third-order valence-electron chi connectivity index (χ3n) is 5.68. The summed E-state index contributed by atoms with van der Waals surface area (Å²) in [6.45, 7) is 8.21. The van der Waals surface area contributed by atoms with Gasteiger partial charge in [-0.2, -0.15) is 0 Å². The van der Waals surface area contributed by atoms with Gasteiger partial charge >= 0.3 is 0 Å². The first-order valence-electron chi connectivity index (χ1n) is 10.3. The van der Waals surface area contributed by atoms with Crippen molar-refractivity contribution in [3.05, 3.63) is 76.4 Å². The first-order valence-corrected chi connectivity index (χ1v) is 10.3. The van der Waals surface area contributed by atoms with Crippen LogP contribution in [0.1, 0.15) is 74.0 Å². The second kappa shape index (κ2) is 9.21. The van der Waals surface area contributed by atoms with Crippen LogP contribution in [0, 0.1) is 0 Å². The van der Waals surface area contributed by atoms with Crippen molar-refractivity contribution < 1.29 is 19.4 Å². The van der Waals surface area contributed by atoms with E-state index in [1.54, 1.807) is 7.11 Å². The molecule has 0 amide bonds. The maximum absolute atomic E-state index is 13.1. The number of Topliss-reactive ketones (excluding diaryl/α,β-unsaturated/α-hetero) is 1. The van der Waals surface area contributed by atoms with Crippen LogP contribution < -0.4 is 9.47 Å². The van der Waals surface area contributed by atoms with Gasteiger partial charge in [-0.05, 0) is 39.7 Å². The Bertz CT molecular complexity index is 982. The smallest absolute Gasteiger partial charge is 0.174 e. The number of carbonyl (C=O) groups excluding carboxylic acids is 1. The number of fused-ring (bicyclic) bond motifs is 1. The number of aromatic hydroxyl groups is 1. The molecule has 4 heteroatoms. The number of hydrogen-bond acceptors (Lipinski definition) is 4. The number of ether oxygens (including phenoxy) is 2. The topological polar surface area (TPSA) is 55.8 Å². The Balaban J connectivity index is 2.21. The second-order valence-corrected chi connectivity index (χ2v) is 7.96. The van der Waals surface area contributed by atoms with Gasteiger partial charge in [0.05, 0.1) is 13.5 Å². The van der Waals surface area contributed by atoms with Gasteiger partial charge in [0.1, 0.15) is 28.9 Å². The first kappa shape index (κ1) is 21.7. The summed E-state index contributed by atoms with van der Waals surface area (Å²) in [5.74, 6) is 0.717. The Hall–Kier alpha value is -3.01. The van der Waals surface area contributed by atoms with Gasteiger partial charge in [-0.3, -0.25) is 4.79 Å². The minimum absolute atomic E-state index is 0.0310. The number of hydrogen-bond donors (Lipinski definition) is 1. The monoisotopic (exact) mass is 406 g/mol. The average molecular weight is 407 g/mol. The largest absolute Gasteiger partial charge is 0.507 e. The zero-order valence-corrected chi connectivity index (χ0v) is 18.4. The Morgan fingerprint density at radius 3 is 2.57 bits per heavy atom. The number of methoxy groups -OCH3 is 1. The molecule has 0 bridgehead atoms. The van der Waals surface area contributed by atoms with Gasteiger partial charge in [-0.25, -0.2) is 0 Å². The Labute approximate surface area is 178 Å². The van der Waals surface area contributed by atoms with Crippen molar-refractivity contribution in [3.8, 4) is 17.2 Å². The normalized spacial score (nSPS) is 17.0. The van der Waals surface area contributed by atoms with E-state index < -0.39 is 6.10 Å². The van der Waals surface area contributed by atoms with Crippen LogP contribution in [0.2, 0.25) is 0 Å². The molecule has 1 aliphatic rings. The minimum atomic E-state index is -0.397. The number of carbonyl (C=O) groups is 1. The van der Waals surface area contributed by atoms with E-state index >= 15 is 0 Å². The van der Waals surface area contributed by atoms with Crippen molar-refractivity contribution in [2.24, 2.45) is 0 Å². The van der Waals surface area contributed by atoms with Gasteiger partial charge in [0.25, 0.3) is 0 Å². The van der Waals surface area contributed by atoms with Crippen molar-refractivity contribution in [1.82, 2.24) is 0 Å². The fourth-order valence-corrected chi connectivity index (χ4v) is 3.92. The molecular formula is C26H30O4. The van der Waals surface area contributed by atoms with Gasteiger partial charge < -0.3 is 14.6 Å². The highest BCUT2D eigenvalue weighted by Crippen LogP contribution is 2.50. The predicted molar refractivity (Wildman–Crippen MR) is 120 cm³/mol. The van der Waals surface area contributed by atoms with Crippen LogP contribution in [0.5, 0.6) is 17.2 Å². The summed E-state index contributed by atoms with van der Waals surface area (Å²) in [6, 6.07) is 11.3. The van der Waals surface area contributed by atoms with Crippen molar-refractivity contribution in [2.45, 2.75) is 52.6 Å². The predicted octanol–water partition coefficient (Wildman–Crippen LogP) is 6.51. The fraction of sp³-hybridized carbons (Fsp3) is 0.346. The Kier molecular flexibility index (Phi) is 6.66. The van der Waals surface area contributed by atoms with Gasteiger partial charge in [0, 0.05) is 17.5 Å². The SMILES string of the molecule is C/C=C(\C)C(CC=C(C)C)c1c(OC)cc(O)c2c1O[C@H](c1ccccc1)CC2=O. The number of phenols is 1. The van der Waals surface area contributed by atoms with Gasteiger partial charge in [0.15, 0.2) is 5.78 Å². The summed E-state index contributed by atoms with van der Waals surface area (Å²) in [5.41, 5.74) is 4.37. The van der Waals surface area contributed by atoms with Crippen LogP contribution in [-0.4, -0.2) is 18.0 Å². The number of allylic oxidation sites excluding steroid dienone is 4. The lowest BCUT2D eigenvalue weighted by atomic mass is 9.83. The van der Waals surface area contributed by atoms with Crippen molar-refractivity contribution >= 4 is 5.78 Å². The van der Waals surface area contributed by atoms with E-state index in [0.717, 1.165) is 23.1 Å². The van der Waals surface area contributed by atoms with Crippen LogP contribution >= 0.6 is 0 Å². The zero-order chi connectivity index (χ0) is 21.8. The minimum Gasteiger partial charge on any atom is -0.507 e. The van der Waals surface area contributed by atoms with Crippen LogP contribution in [0.15, 0.2) is 59.7 Å². The lowest BCUT2D eigenvalue weighted by Crippen LogP contribution is -2.23. The molecule has 3 rings (SSSR count). The molecule has 158 valence electrons. The second-order valence-electron chi connectivity index (χ2n) is 7.96. The maximum Gasteiger partial charge on any atom is 0.174 e. The first-order chi connectivity index (χ1) is 14.4. The van der Waals surface area contributed by atoms with Crippen LogP contribution in [-0.2, 0) is 0 Å². The van der Waals surface area contributed by atoms with Crippen LogP contribution in [0.25, 0.3) is 0 Å². The molecule has 0 saturated carbocycles. The van der Waals surface area contributed by atoms with E-state index in [-0.39, 0.29) is 29.4 Å². The molecule has 0 aromatic heterocycles. The van der Waals surface area contributed by atoms with Gasteiger partial charge in [-0.15, -0.1) is 0 Å². The average Bonchev–Trinajstić information content (AvgIpc) is 2.74. The molecule has 0 saturated heterocycles. The van der Waals surface area contributed by atoms with Crippen LogP contribution in [0.4, 0.5) is 0 Å². The van der Waals surface area contributed by atoms with Gasteiger partial charge in [-0.1, -0.05) is 53.6 Å². The number of rotatable bonds is 6. The quantitative estimate of drug-likeness (QED) is 0.555. The van der Waals surface area contributed by atoms with Crippen molar-refractivity contribution in [1.29, 1.82) is 0 Å². The number of benzene rings is 2. The lowest BCUT2D eigenvalue weighted by molar-refractivity contribution is 0.0841. The van der Waals surface area contributed by atoms with Gasteiger partial charge in [0.2, 0.25) is 0 Å². The molecule has 4 nitrogen and oxygen atoms in total. The fourth-order valence-electron chi connectivity index (χ4n) is 3.92. The molecule has 30 heavy (non-hydrogen) atoms. The third-order valence-corrected chi connectivity index (χ3v) is 5.68. The van der Waals surface area contributed by atoms with E-state index in [0.29, 0.717) is 11.5 Å². The van der Waals surface area contributed by atoms with Crippen LogP contribution in [0.3, 0.4) is 0 Å². The zero-order valence-electron chi connectivity index (χ0n) is 18.4. The molecule has 1 N–H and O–H groups in total. The van der Waals surface area contributed by atoms with E-state index in [9.17, 15) is 9.90 Å². The molecule has 0 aliphatic carbocycles. The maximum atomic E-state index is 13.1. The summed E-state index contributed by atoms with van der Waals surface area (Å²) in [6.07, 6.45) is 4.79. The summed E-state index contributed by atoms with van der Waals surface area (Å²) < 4.78 is 12.1. The highest BCUT2D eigenvalue weighted by atomic mass is 16.5. The highest BCUT2D eigenvalue weighted by Gasteiger charge is 2.36. The lowest BCUT2D eigenvalue weighted by Gasteiger charge is -2.31.